The summed E-state index contributed by atoms with van der Waals surface area (Å²) in [7, 11) is 0. The quantitative estimate of drug-likeness (QED) is 0.382. The van der Waals surface area contributed by atoms with Crippen molar-refractivity contribution in [3.8, 4) is 12.8 Å². The van der Waals surface area contributed by atoms with Crippen LogP contribution in [0.2, 0.25) is 0 Å². The molecular formula is C4H2La-2. The van der Waals surface area contributed by atoms with Gasteiger partial charge >= 0.3 is 0 Å². The summed E-state index contributed by atoms with van der Waals surface area (Å²) in [5.74, 6) is 0. The summed E-state index contributed by atoms with van der Waals surface area (Å²) < 4.78 is 0. The van der Waals surface area contributed by atoms with Crippen molar-refractivity contribution >= 4 is 0 Å². The van der Waals surface area contributed by atoms with Crippen LogP contribution in [0.15, 0.2) is 0 Å². The molecule has 1 heteroatoms. The molecule has 0 spiro atoms. The fourth-order valence-corrected chi connectivity index (χ4v) is 0. The van der Waals surface area contributed by atoms with E-state index in [1.54, 1.807) is 0 Å². The van der Waals surface area contributed by atoms with Crippen LogP contribution in [0.1, 0.15) is 0 Å². The molecule has 0 saturated carbocycles. The van der Waals surface area contributed by atoms with Gasteiger partial charge in [0, 0.05) is 35.6 Å². The molecular weight excluding hydrogens is 187 g/mol. The molecule has 0 aromatic carbocycles. The first kappa shape index (κ1) is 18.5. The van der Waals surface area contributed by atoms with Crippen molar-refractivity contribution in [1.82, 2.24) is 0 Å². The Kier molecular flexibility index (Phi) is 1770. The average molecular weight is 189 g/mol. The zero-order valence-corrected chi connectivity index (χ0v) is 6.36. The van der Waals surface area contributed by atoms with Gasteiger partial charge in [0.1, 0.15) is 0 Å². The predicted molar refractivity (Wildman–Crippen MR) is 16.4 cm³/mol. The van der Waals surface area contributed by atoms with E-state index in [1.807, 2.05) is 0 Å². The van der Waals surface area contributed by atoms with Crippen LogP contribution in [0.4, 0.5) is 0 Å². The van der Waals surface area contributed by atoms with E-state index in [4.69, 9.17) is 12.8 Å². The molecule has 0 aromatic rings. The van der Waals surface area contributed by atoms with Crippen LogP contribution >= 0.6 is 0 Å². The number of hydrogen-bond donors (Lipinski definition) is 0. The third-order valence-corrected chi connectivity index (χ3v) is 0. The summed E-state index contributed by atoms with van der Waals surface area (Å²) in [5.41, 5.74) is 0. The Balaban J connectivity index is -0.0000000133. The summed E-state index contributed by atoms with van der Waals surface area (Å²) in [4.78, 5) is 0. The smallest absolute Gasteiger partial charge is 0 e. The molecule has 0 N–H and O–H groups in total. The number of terminal acetylenes is 2. The van der Waals surface area contributed by atoms with Crippen LogP contribution in [-0.2, 0) is 0 Å². The van der Waals surface area contributed by atoms with Gasteiger partial charge in [0.15, 0.2) is 0 Å². The van der Waals surface area contributed by atoms with E-state index in [1.165, 1.54) is 0 Å². The first-order chi connectivity index (χ1) is 2.00. The Hall–Kier alpha value is 0.315. The topological polar surface area (TPSA) is 0 Å². The monoisotopic (exact) mass is 189 g/mol. The summed E-state index contributed by atoms with van der Waals surface area (Å²) in [6, 6.07) is 0. The molecule has 0 rings (SSSR count). The summed E-state index contributed by atoms with van der Waals surface area (Å²) in [6.45, 7) is 0. The van der Waals surface area contributed by atoms with Crippen molar-refractivity contribution in [2.75, 3.05) is 0 Å². The summed E-state index contributed by atoms with van der Waals surface area (Å²) in [5, 5.41) is 0. The summed E-state index contributed by atoms with van der Waals surface area (Å²) in [6.07, 6.45) is 18.0. The van der Waals surface area contributed by atoms with Crippen LogP contribution in [0, 0.1) is 61.3 Å². The Bertz CT molecular complexity index is 19.1. The number of rotatable bonds is 0. The van der Waals surface area contributed by atoms with Gasteiger partial charge in [-0.2, -0.15) is 0 Å². The van der Waals surface area contributed by atoms with Gasteiger partial charge in [-0.15, -0.1) is 0 Å². The van der Waals surface area contributed by atoms with E-state index >= 15 is 0 Å². The first-order valence-electron chi connectivity index (χ1n) is 0.577. The standard InChI is InChI=1S/2C2H.La/c2*1-2;/h2*1H;/q2*-1;. The maximum Gasteiger partial charge on any atom is 0 e. The zero-order chi connectivity index (χ0) is 4.00. The third-order valence-electron chi connectivity index (χ3n) is 0. The van der Waals surface area contributed by atoms with Gasteiger partial charge in [-0.05, 0) is 0 Å². The van der Waals surface area contributed by atoms with Gasteiger partial charge in [0.25, 0.3) is 0 Å². The van der Waals surface area contributed by atoms with Gasteiger partial charge in [0.05, 0.1) is 0 Å². The zero-order valence-electron chi connectivity index (χ0n) is 2.73. The van der Waals surface area contributed by atoms with Crippen LogP contribution in [0.5, 0.6) is 0 Å². The molecule has 0 aliphatic rings. The van der Waals surface area contributed by atoms with E-state index in [-0.39, 0.29) is 35.6 Å². The molecule has 0 aliphatic carbocycles. The van der Waals surface area contributed by atoms with Crippen molar-refractivity contribution in [3.05, 3.63) is 12.8 Å². The van der Waals surface area contributed by atoms with Gasteiger partial charge in [-0.1, -0.05) is 0 Å². The molecule has 0 aliphatic heterocycles. The van der Waals surface area contributed by atoms with Crippen molar-refractivity contribution in [3.63, 3.8) is 0 Å². The van der Waals surface area contributed by atoms with E-state index in [9.17, 15) is 0 Å². The second kappa shape index (κ2) is 478. The minimum atomic E-state index is 0. The Labute approximate surface area is 60.9 Å². The van der Waals surface area contributed by atoms with Gasteiger partial charge < -0.3 is 25.7 Å². The molecule has 0 heterocycles. The normalized spacial score (nSPS) is 0.800. The van der Waals surface area contributed by atoms with E-state index < -0.39 is 0 Å². The minimum Gasteiger partial charge on any atom is -0.697 e. The van der Waals surface area contributed by atoms with Gasteiger partial charge in [0.2, 0.25) is 0 Å². The second-order valence-electron chi connectivity index (χ2n) is 0. The Morgan fingerprint density at radius 2 is 0.800 bits per heavy atom. The van der Waals surface area contributed by atoms with Crippen LogP contribution in [0.3, 0.4) is 0 Å². The molecule has 0 nitrogen and oxygen atoms in total. The van der Waals surface area contributed by atoms with Crippen molar-refractivity contribution in [2.24, 2.45) is 0 Å². The molecule has 0 aromatic heterocycles. The van der Waals surface area contributed by atoms with Crippen molar-refractivity contribution in [1.29, 1.82) is 0 Å². The molecule has 5 heavy (non-hydrogen) atoms. The fourth-order valence-electron chi connectivity index (χ4n) is 0. The predicted octanol–water partition coefficient (Wildman–Crippen LogP) is 0.412. The van der Waals surface area contributed by atoms with Crippen molar-refractivity contribution < 1.29 is 35.6 Å². The third kappa shape index (κ3) is 233. The molecule has 0 saturated heterocycles. The van der Waals surface area contributed by atoms with Crippen LogP contribution < -0.4 is 0 Å². The van der Waals surface area contributed by atoms with E-state index in [0.29, 0.717) is 0 Å². The van der Waals surface area contributed by atoms with Gasteiger partial charge in [-0.3, -0.25) is 0 Å². The minimum absolute atomic E-state index is 0. The Morgan fingerprint density at radius 3 is 0.800 bits per heavy atom. The molecule has 0 atom stereocenters. The van der Waals surface area contributed by atoms with Crippen LogP contribution in [0.25, 0.3) is 0 Å². The summed E-state index contributed by atoms with van der Waals surface area (Å²) >= 11 is 0. The fraction of sp³-hybridized carbons (Fsp3) is 0. The second-order valence-corrected chi connectivity index (χ2v) is 0. The molecule has 0 bridgehead atoms. The average Bonchev–Trinajstić information content (AvgIpc) is 1.50. The number of hydrogen-bond acceptors (Lipinski definition) is 0. The maximum absolute atomic E-state index is 5.25. The molecule has 0 fully saturated rings. The van der Waals surface area contributed by atoms with Crippen LogP contribution in [-0.4, -0.2) is 0 Å². The molecule has 0 amide bonds. The first-order valence-corrected chi connectivity index (χ1v) is 0.577. The van der Waals surface area contributed by atoms with E-state index in [2.05, 4.69) is 12.8 Å². The SMILES string of the molecule is [C-]#C.[C-]#C.[La]. The Morgan fingerprint density at radius 1 is 0.800 bits per heavy atom. The molecule has 23 valence electrons. The van der Waals surface area contributed by atoms with E-state index in [0.717, 1.165) is 0 Å². The maximum atomic E-state index is 5.25. The van der Waals surface area contributed by atoms with Crippen molar-refractivity contribution in [2.45, 2.75) is 0 Å². The molecule has 1 radical (unpaired) electrons. The van der Waals surface area contributed by atoms with Gasteiger partial charge in [-0.25, -0.2) is 0 Å². The molecule has 0 unspecified atom stereocenters. The largest absolute Gasteiger partial charge is 0.697 e.